The molecule has 0 radical (unpaired) electrons. The molecule has 0 spiro atoms. The van der Waals surface area contributed by atoms with Crippen LogP contribution < -0.4 is 5.32 Å². The van der Waals surface area contributed by atoms with Crippen LogP contribution in [0.2, 0.25) is 5.02 Å². The van der Waals surface area contributed by atoms with E-state index in [0.29, 0.717) is 22.6 Å². The smallest absolute Gasteiger partial charge is 0.150 e. The average Bonchev–Trinajstić information content (AvgIpc) is 2.42. The van der Waals surface area contributed by atoms with Crippen LogP contribution in [-0.4, -0.2) is 4.98 Å². The molecule has 6 heteroatoms. The maximum absolute atomic E-state index is 9.07. The van der Waals surface area contributed by atoms with Crippen LogP contribution in [-0.2, 0) is 0 Å². The molecule has 0 saturated carbocycles. The molecule has 4 nitrogen and oxygen atoms in total. The standard InChI is InChI=1S/C13H6BrClN4/c14-10-1-2-11(9(5-10)7-17)19-13-12(15)8(6-16)3-4-18-13/h1-5H,(H,18,19). The number of nitrogens with one attached hydrogen (secondary N) is 1. The topological polar surface area (TPSA) is 72.5 Å². The predicted octanol–water partition coefficient (Wildman–Crippen LogP) is 3.98. The van der Waals surface area contributed by atoms with Crippen molar-refractivity contribution < 1.29 is 0 Å². The van der Waals surface area contributed by atoms with Crippen molar-refractivity contribution in [3.63, 3.8) is 0 Å². The summed E-state index contributed by atoms with van der Waals surface area (Å²) in [6.07, 6.45) is 1.48. The summed E-state index contributed by atoms with van der Waals surface area (Å²) in [6.45, 7) is 0. The molecular formula is C13H6BrClN4. The molecule has 0 saturated heterocycles. The number of rotatable bonds is 2. The van der Waals surface area contributed by atoms with E-state index in [2.05, 4.69) is 32.3 Å². The lowest BCUT2D eigenvalue weighted by atomic mass is 10.2. The van der Waals surface area contributed by atoms with Gasteiger partial charge >= 0.3 is 0 Å². The Bertz CT molecular complexity index is 716. The summed E-state index contributed by atoms with van der Waals surface area (Å²) >= 11 is 9.34. The van der Waals surface area contributed by atoms with Crippen molar-refractivity contribution in [2.24, 2.45) is 0 Å². The molecule has 0 fully saturated rings. The first kappa shape index (κ1) is 13.4. The zero-order chi connectivity index (χ0) is 13.8. The molecule has 0 bridgehead atoms. The van der Waals surface area contributed by atoms with Crippen LogP contribution in [0, 0.1) is 22.7 Å². The number of aromatic nitrogens is 1. The Balaban J connectivity index is 2.43. The minimum Gasteiger partial charge on any atom is -0.338 e. The van der Waals surface area contributed by atoms with Crippen LogP contribution in [0.1, 0.15) is 11.1 Å². The van der Waals surface area contributed by atoms with Crippen molar-refractivity contribution in [3.05, 3.63) is 51.1 Å². The number of hydrogen-bond acceptors (Lipinski definition) is 4. The molecule has 2 aromatic rings. The molecule has 92 valence electrons. The van der Waals surface area contributed by atoms with Crippen molar-refractivity contribution in [2.45, 2.75) is 0 Å². The van der Waals surface area contributed by atoms with Crippen molar-refractivity contribution in [1.82, 2.24) is 4.98 Å². The summed E-state index contributed by atoms with van der Waals surface area (Å²) in [5.74, 6) is 0.347. The fourth-order valence-electron chi connectivity index (χ4n) is 1.46. The first-order valence-electron chi connectivity index (χ1n) is 5.17. The average molecular weight is 334 g/mol. The van der Waals surface area contributed by atoms with Crippen LogP contribution >= 0.6 is 27.5 Å². The highest BCUT2D eigenvalue weighted by molar-refractivity contribution is 9.10. The Morgan fingerprint density at radius 1 is 1.16 bits per heavy atom. The van der Waals surface area contributed by atoms with Gasteiger partial charge in [-0.3, -0.25) is 0 Å². The SMILES string of the molecule is N#Cc1cc(Br)ccc1Nc1nccc(C#N)c1Cl. The van der Waals surface area contributed by atoms with Gasteiger partial charge in [0.25, 0.3) is 0 Å². The molecule has 2 rings (SSSR count). The van der Waals surface area contributed by atoms with E-state index in [9.17, 15) is 0 Å². The Morgan fingerprint density at radius 3 is 2.58 bits per heavy atom. The lowest BCUT2D eigenvalue weighted by Crippen LogP contribution is -1.98. The lowest BCUT2D eigenvalue weighted by Gasteiger charge is -2.09. The molecular weight excluding hydrogens is 328 g/mol. The van der Waals surface area contributed by atoms with E-state index in [-0.39, 0.29) is 5.02 Å². The molecule has 19 heavy (non-hydrogen) atoms. The Kier molecular flexibility index (Phi) is 4.01. The van der Waals surface area contributed by atoms with Crippen molar-refractivity contribution in [3.8, 4) is 12.1 Å². The Hall–Kier alpha value is -2.08. The van der Waals surface area contributed by atoms with Crippen LogP contribution in [0.15, 0.2) is 34.9 Å². The van der Waals surface area contributed by atoms with E-state index in [1.807, 2.05) is 6.07 Å². The van der Waals surface area contributed by atoms with Crippen molar-refractivity contribution in [2.75, 3.05) is 5.32 Å². The highest BCUT2D eigenvalue weighted by Crippen LogP contribution is 2.28. The Morgan fingerprint density at radius 2 is 1.89 bits per heavy atom. The quantitative estimate of drug-likeness (QED) is 0.902. The minimum atomic E-state index is 0.233. The van der Waals surface area contributed by atoms with E-state index < -0.39 is 0 Å². The number of anilines is 2. The molecule has 0 aliphatic carbocycles. The molecule has 0 amide bonds. The van der Waals surface area contributed by atoms with Crippen LogP contribution in [0.4, 0.5) is 11.5 Å². The molecule has 0 unspecified atom stereocenters. The third kappa shape index (κ3) is 2.85. The van der Waals surface area contributed by atoms with Crippen LogP contribution in [0.25, 0.3) is 0 Å². The second-order valence-electron chi connectivity index (χ2n) is 3.56. The van der Waals surface area contributed by atoms with Gasteiger partial charge in [-0.05, 0) is 24.3 Å². The third-order valence-corrected chi connectivity index (χ3v) is 3.24. The van der Waals surface area contributed by atoms with E-state index in [4.69, 9.17) is 22.1 Å². The van der Waals surface area contributed by atoms with Gasteiger partial charge in [-0.25, -0.2) is 4.98 Å². The van der Waals surface area contributed by atoms with Crippen LogP contribution in [0.5, 0.6) is 0 Å². The number of pyridine rings is 1. The minimum absolute atomic E-state index is 0.233. The second-order valence-corrected chi connectivity index (χ2v) is 4.85. The fourth-order valence-corrected chi connectivity index (χ4v) is 2.03. The van der Waals surface area contributed by atoms with Crippen molar-refractivity contribution >= 4 is 39.0 Å². The van der Waals surface area contributed by atoms with E-state index in [1.165, 1.54) is 12.3 Å². The molecule has 0 atom stereocenters. The van der Waals surface area contributed by atoms with E-state index in [0.717, 1.165) is 4.47 Å². The maximum Gasteiger partial charge on any atom is 0.150 e. The number of benzene rings is 1. The van der Waals surface area contributed by atoms with E-state index >= 15 is 0 Å². The summed E-state index contributed by atoms with van der Waals surface area (Å²) < 4.78 is 0.805. The zero-order valence-electron chi connectivity index (χ0n) is 9.48. The molecule has 0 aliphatic rings. The van der Waals surface area contributed by atoms with Gasteiger partial charge in [-0.2, -0.15) is 10.5 Å². The van der Waals surface area contributed by atoms with Gasteiger partial charge in [0.05, 0.1) is 16.8 Å². The summed E-state index contributed by atoms with van der Waals surface area (Å²) in [4.78, 5) is 4.06. The number of halogens is 2. The van der Waals surface area contributed by atoms with Gasteiger partial charge in [-0.15, -0.1) is 0 Å². The zero-order valence-corrected chi connectivity index (χ0v) is 11.8. The van der Waals surface area contributed by atoms with Crippen LogP contribution in [0.3, 0.4) is 0 Å². The van der Waals surface area contributed by atoms with Crippen molar-refractivity contribution in [1.29, 1.82) is 10.5 Å². The van der Waals surface area contributed by atoms with E-state index in [1.54, 1.807) is 18.2 Å². The normalized spacial score (nSPS) is 9.47. The number of hydrogen-bond donors (Lipinski definition) is 1. The van der Waals surface area contributed by atoms with Gasteiger partial charge < -0.3 is 5.32 Å². The summed E-state index contributed by atoms with van der Waals surface area (Å²) in [5.41, 5.74) is 1.36. The highest BCUT2D eigenvalue weighted by atomic mass is 79.9. The third-order valence-electron chi connectivity index (χ3n) is 2.36. The summed E-state index contributed by atoms with van der Waals surface area (Å²) in [5, 5.41) is 21.2. The van der Waals surface area contributed by atoms with Gasteiger partial charge in [-0.1, -0.05) is 27.5 Å². The highest BCUT2D eigenvalue weighted by Gasteiger charge is 2.09. The Labute approximate surface area is 123 Å². The number of nitriles is 2. The fraction of sp³-hybridized carbons (Fsp3) is 0. The predicted molar refractivity (Wildman–Crippen MR) is 76.1 cm³/mol. The molecule has 0 aliphatic heterocycles. The van der Waals surface area contributed by atoms with Gasteiger partial charge in [0.15, 0.2) is 5.82 Å². The van der Waals surface area contributed by atoms with Gasteiger partial charge in [0.1, 0.15) is 17.2 Å². The molecule has 1 aromatic carbocycles. The lowest BCUT2D eigenvalue weighted by molar-refractivity contribution is 1.29. The summed E-state index contributed by atoms with van der Waals surface area (Å²) in [6, 6.07) is 10.8. The molecule has 1 N–H and O–H groups in total. The monoisotopic (exact) mass is 332 g/mol. The summed E-state index contributed by atoms with van der Waals surface area (Å²) in [7, 11) is 0. The van der Waals surface area contributed by atoms with Gasteiger partial charge in [0, 0.05) is 10.7 Å². The first-order valence-corrected chi connectivity index (χ1v) is 6.34. The largest absolute Gasteiger partial charge is 0.338 e. The number of nitrogens with zero attached hydrogens (tertiary/aromatic N) is 3. The first-order chi connectivity index (χ1) is 9.15. The molecule has 1 aromatic heterocycles. The van der Waals surface area contributed by atoms with Gasteiger partial charge in [0.2, 0.25) is 0 Å². The molecule has 1 heterocycles. The maximum atomic E-state index is 9.07. The second kappa shape index (κ2) is 5.71.